The third-order valence-corrected chi connectivity index (χ3v) is 3.65. The molecule has 0 spiro atoms. The molecule has 1 aromatic heterocycles. The van der Waals surface area contributed by atoms with Crippen LogP contribution in [0.15, 0.2) is 6.33 Å². The van der Waals surface area contributed by atoms with Gasteiger partial charge >= 0.3 is 0 Å². The Hall–Kier alpha value is -0.870. The molecule has 1 N–H and O–H groups in total. The van der Waals surface area contributed by atoms with Crippen molar-refractivity contribution in [2.45, 2.75) is 32.3 Å². The molecular weight excluding hydrogens is 238 g/mol. The van der Waals surface area contributed by atoms with Crippen LogP contribution in [0.3, 0.4) is 0 Å². The van der Waals surface area contributed by atoms with Crippen LogP contribution in [0.1, 0.15) is 25.3 Å². The molecule has 4 nitrogen and oxygen atoms in total. The number of nitrogens with zero attached hydrogens (tertiary/aromatic N) is 3. The largest absolute Gasteiger partial charge is 0.393 e. The van der Waals surface area contributed by atoms with Crippen molar-refractivity contribution in [3.05, 3.63) is 17.0 Å². The molecule has 2 rings (SSSR count). The van der Waals surface area contributed by atoms with Gasteiger partial charge in [0.25, 0.3) is 0 Å². The average molecular weight is 256 g/mol. The maximum absolute atomic E-state index is 9.28. The van der Waals surface area contributed by atoms with E-state index in [1.165, 1.54) is 6.33 Å². The van der Waals surface area contributed by atoms with Crippen LogP contribution in [-0.2, 0) is 6.42 Å². The fraction of sp³-hybridized carbons (Fsp3) is 0.667. The van der Waals surface area contributed by atoms with Crippen LogP contribution >= 0.6 is 11.6 Å². The maximum Gasteiger partial charge on any atom is 0.137 e. The number of halogens is 1. The van der Waals surface area contributed by atoms with Crippen LogP contribution in [0.2, 0.25) is 5.15 Å². The van der Waals surface area contributed by atoms with Gasteiger partial charge in [-0.3, -0.25) is 0 Å². The summed E-state index contributed by atoms with van der Waals surface area (Å²) in [5.41, 5.74) is 0.997. The zero-order chi connectivity index (χ0) is 12.4. The van der Waals surface area contributed by atoms with Gasteiger partial charge in [0.2, 0.25) is 0 Å². The molecule has 1 fully saturated rings. The number of hydrogen-bond donors (Lipinski definition) is 1. The first kappa shape index (κ1) is 12.6. The molecule has 1 heterocycles. The van der Waals surface area contributed by atoms with E-state index in [1.54, 1.807) is 0 Å². The van der Waals surface area contributed by atoms with E-state index in [9.17, 15) is 5.11 Å². The summed E-state index contributed by atoms with van der Waals surface area (Å²) in [6.07, 6.45) is 4.01. The number of aliphatic hydroxyl groups is 1. The van der Waals surface area contributed by atoms with Crippen LogP contribution in [0.4, 0.5) is 5.82 Å². The average Bonchev–Trinajstić information content (AvgIpc) is 2.26. The summed E-state index contributed by atoms with van der Waals surface area (Å²) in [4.78, 5) is 10.4. The highest BCUT2D eigenvalue weighted by Crippen LogP contribution is 2.30. The van der Waals surface area contributed by atoms with Gasteiger partial charge in [-0.15, -0.1) is 0 Å². The van der Waals surface area contributed by atoms with Crippen molar-refractivity contribution in [1.82, 2.24) is 9.97 Å². The summed E-state index contributed by atoms with van der Waals surface area (Å²) < 4.78 is 0. The Morgan fingerprint density at radius 1 is 1.47 bits per heavy atom. The molecule has 0 saturated heterocycles. The fourth-order valence-electron chi connectivity index (χ4n) is 2.34. The van der Waals surface area contributed by atoms with E-state index < -0.39 is 0 Å². The second-order valence-electron chi connectivity index (χ2n) is 4.69. The van der Waals surface area contributed by atoms with Gasteiger partial charge in [0.1, 0.15) is 17.3 Å². The Bertz CT molecular complexity index is 393. The Morgan fingerprint density at radius 2 is 2.18 bits per heavy atom. The summed E-state index contributed by atoms with van der Waals surface area (Å²) in [5, 5.41) is 9.82. The highest BCUT2D eigenvalue weighted by Gasteiger charge is 2.28. The molecule has 0 amide bonds. The lowest BCUT2D eigenvalue weighted by Gasteiger charge is -2.35. The smallest absolute Gasteiger partial charge is 0.137 e. The Kier molecular flexibility index (Phi) is 3.84. The van der Waals surface area contributed by atoms with E-state index in [2.05, 4.69) is 21.8 Å². The van der Waals surface area contributed by atoms with Crippen LogP contribution in [0, 0.1) is 5.92 Å². The fourth-order valence-corrected chi connectivity index (χ4v) is 2.60. The minimum atomic E-state index is -0.104. The van der Waals surface area contributed by atoms with Gasteiger partial charge in [0.05, 0.1) is 6.10 Å². The minimum Gasteiger partial charge on any atom is -0.393 e. The Labute approximate surface area is 107 Å². The second-order valence-corrected chi connectivity index (χ2v) is 5.05. The van der Waals surface area contributed by atoms with E-state index in [0.29, 0.717) is 11.1 Å². The van der Waals surface area contributed by atoms with E-state index in [0.717, 1.165) is 37.2 Å². The molecule has 0 bridgehead atoms. The Morgan fingerprint density at radius 3 is 2.76 bits per heavy atom. The molecule has 0 unspecified atom stereocenters. The molecule has 17 heavy (non-hydrogen) atoms. The second kappa shape index (κ2) is 5.19. The number of anilines is 1. The van der Waals surface area contributed by atoms with Gasteiger partial charge < -0.3 is 10.0 Å². The van der Waals surface area contributed by atoms with E-state index >= 15 is 0 Å². The standard InChI is InChI=1S/C12H18ClN3O/c1-3-10-11(13)14-7-15-12(10)16(2)6-8-4-9(17)5-8/h7-9,17H,3-6H2,1-2H3. The monoisotopic (exact) mass is 255 g/mol. The number of aromatic nitrogens is 2. The van der Waals surface area contributed by atoms with Gasteiger partial charge in [-0.25, -0.2) is 9.97 Å². The third-order valence-electron chi connectivity index (χ3n) is 3.33. The van der Waals surface area contributed by atoms with Crippen molar-refractivity contribution >= 4 is 17.4 Å². The quantitative estimate of drug-likeness (QED) is 0.835. The predicted octanol–water partition coefficient (Wildman–Crippen LogP) is 1.90. The molecule has 94 valence electrons. The van der Waals surface area contributed by atoms with Gasteiger partial charge in [-0.2, -0.15) is 0 Å². The van der Waals surface area contributed by atoms with Crippen molar-refractivity contribution in [2.75, 3.05) is 18.5 Å². The highest BCUT2D eigenvalue weighted by molar-refractivity contribution is 6.30. The van der Waals surface area contributed by atoms with Crippen LogP contribution in [-0.4, -0.2) is 34.8 Å². The SMILES string of the molecule is CCc1c(Cl)ncnc1N(C)CC1CC(O)C1. The van der Waals surface area contributed by atoms with Gasteiger partial charge in [-0.05, 0) is 25.2 Å². The Balaban J connectivity index is 2.08. The predicted molar refractivity (Wildman–Crippen MR) is 68.4 cm³/mol. The molecule has 1 aliphatic carbocycles. The van der Waals surface area contributed by atoms with E-state index in [4.69, 9.17) is 11.6 Å². The highest BCUT2D eigenvalue weighted by atomic mass is 35.5. The zero-order valence-electron chi connectivity index (χ0n) is 10.2. The first-order chi connectivity index (χ1) is 8.11. The van der Waals surface area contributed by atoms with E-state index in [-0.39, 0.29) is 6.10 Å². The van der Waals surface area contributed by atoms with Crippen LogP contribution in [0.5, 0.6) is 0 Å². The molecule has 5 heteroatoms. The van der Waals surface area contributed by atoms with Gasteiger partial charge in [0.15, 0.2) is 0 Å². The van der Waals surface area contributed by atoms with Crippen molar-refractivity contribution in [1.29, 1.82) is 0 Å². The van der Waals surface area contributed by atoms with Crippen molar-refractivity contribution in [3.63, 3.8) is 0 Å². The zero-order valence-corrected chi connectivity index (χ0v) is 11.0. The summed E-state index contributed by atoms with van der Waals surface area (Å²) >= 11 is 6.06. The number of aliphatic hydroxyl groups excluding tert-OH is 1. The normalized spacial score (nSPS) is 23.3. The molecule has 0 radical (unpaired) electrons. The summed E-state index contributed by atoms with van der Waals surface area (Å²) in [6, 6.07) is 0. The summed E-state index contributed by atoms with van der Waals surface area (Å²) in [5.74, 6) is 1.47. The lowest BCUT2D eigenvalue weighted by atomic mass is 9.82. The van der Waals surface area contributed by atoms with Gasteiger partial charge in [0, 0.05) is 19.2 Å². The summed E-state index contributed by atoms with van der Waals surface area (Å²) in [6.45, 7) is 2.96. The lowest BCUT2D eigenvalue weighted by molar-refractivity contribution is 0.0464. The van der Waals surface area contributed by atoms with E-state index in [1.807, 2.05) is 7.05 Å². The first-order valence-corrected chi connectivity index (χ1v) is 6.38. The number of hydrogen-bond acceptors (Lipinski definition) is 4. The summed E-state index contributed by atoms with van der Waals surface area (Å²) in [7, 11) is 2.02. The first-order valence-electron chi connectivity index (χ1n) is 6.00. The topological polar surface area (TPSA) is 49.2 Å². The third kappa shape index (κ3) is 2.69. The van der Waals surface area contributed by atoms with Crippen LogP contribution in [0.25, 0.3) is 0 Å². The maximum atomic E-state index is 9.28. The van der Waals surface area contributed by atoms with Crippen molar-refractivity contribution in [2.24, 2.45) is 5.92 Å². The molecule has 0 aromatic carbocycles. The number of rotatable bonds is 4. The lowest BCUT2D eigenvalue weighted by Crippen LogP contribution is -2.37. The van der Waals surface area contributed by atoms with Crippen molar-refractivity contribution < 1.29 is 5.11 Å². The molecular formula is C12H18ClN3O. The molecule has 0 aliphatic heterocycles. The van der Waals surface area contributed by atoms with Crippen molar-refractivity contribution in [3.8, 4) is 0 Å². The molecule has 1 saturated carbocycles. The molecule has 1 aliphatic rings. The minimum absolute atomic E-state index is 0.104. The van der Waals surface area contributed by atoms with Gasteiger partial charge in [-0.1, -0.05) is 18.5 Å². The van der Waals surface area contributed by atoms with Crippen LogP contribution < -0.4 is 4.90 Å². The molecule has 1 aromatic rings. The molecule has 0 atom stereocenters.